The first kappa shape index (κ1) is 18.3. The van der Waals surface area contributed by atoms with Crippen LogP contribution in [0.2, 0.25) is 0 Å². The molecular formula is C22H25N5O2. The van der Waals surface area contributed by atoms with Gasteiger partial charge in [-0.05, 0) is 35.6 Å². The number of aromatic nitrogens is 1. The zero-order chi connectivity index (χ0) is 20.0. The highest BCUT2D eigenvalue weighted by atomic mass is 16.5. The number of benzene rings is 1. The lowest BCUT2D eigenvalue weighted by Gasteiger charge is -2.32. The molecule has 1 saturated heterocycles. The molecule has 1 N–H and O–H groups in total. The van der Waals surface area contributed by atoms with Crippen molar-refractivity contribution < 1.29 is 9.53 Å². The maximum Gasteiger partial charge on any atom is 0.239 e. The van der Waals surface area contributed by atoms with Crippen LogP contribution in [0.25, 0.3) is 16.3 Å². The number of hydrogen-bond donors (Lipinski definition) is 1. The summed E-state index contributed by atoms with van der Waals surface area (Å²) < 4.78 is 5.44. The Morgan fingerprint density at radius 1 is 1.31 bits per heavy atom. The lowest BCUT2D eigenvalue weighted by molar-refractivity contribution is -0.119. The summed E-state index contributed by atoms with van der Waals surface area (Å²) in [6, 6.07) is 8.61. The average Bonchev–Trinajstić information content (AvgIpc) is 3.48. The summed E-state index contributed by atoms with van der Waals surface area (Å²) in [4.78, 5) is 19.1. The number of hydrazone groups is 1. The minimum Gasteiger partial charge on any atom is -0.379 e. The Balaban J connectivity index is 1.33. The smallest absolute Gasteiger partial charge is 0.239 e. The maximum absolute atomic E-state index is 12.5. The van der Waals surface area contributed by atoms with Crippen LogP contribution in [0.4, 0.5) is 5.82 Å². The highest BCUT2D eigenvalue weighted by Crippen LogP contribution is 2.43. The minimum absolute atomic E-state index is 0.0443. The van der Waals surface area contributed by atoms with Gasteiger partial charge in [-0.15, -0.1) is 0 Å². The molecule has 1 unspecified atom stereocenters. The van der Waals surface area contributed by atoms with Gasteiger partial charge in [0.25, 0.3) is 0 Å². The van der Waals surface area contributed by atoms with Gasteiger partial charge in [-0.2, -0.15) is 5.10 Å². The third kappa shape index (κ3) is 3.75. The van der Waals surface area contributed by atoms with E-state index >= 15 is 0 Å². The number of carbonyl (C=O) groups excluding carboxylic acids is 1. The SMILES string of the molecule is C[C@@H]1COCCN1CC(=O)Nc1cc2cc(C3=CN(C)N=C4CC34)ccc2cn1. The fourth-order valence-corrected chi connectivity index (χ4v) is 4.10. The molecule has 2 fully saturated rings. The van der Waals surface area contributed by atoms with Gasteiger partial charge in [-0.3, -0.25) is 14.7 Å². The summed E-state index contributed by atoms with van der Waals surface area (Å²) in [6.07, 6.45) is 4.97. The molecular weight excluding hydrogens is 366 g/mol. The maximum atomic E-state index is 12.5. The molecule has 3 aliphatic rings. The van der Waals surface area contributed by atoms with E-state index in [0.717, 1.165) is 23.7 Å². The van der Waals surface area contributed by atoms with Gasteiger partial charge in [-0.25, -0.2) is 4.98 Å². The summed E-state index contributed by atoms with van der Waals surface area (Å²) in [5, 5.41) is 11.5. The number of anilines is 1. The summed E-state index contributed by atoms with van der Waals surface area (Å²) >= 11 is 0. The monoisotopic (exact) mass is 391 g/mol. The number of hydrogen-bond acceptors (Lipinski definition) is 6. The molecule has 150 valence electrons. The van der Waals surface area contributed by atoms with Gasteiger partial charge < -0.3 is 10.1 Å². The van der Waals surface area contributed by atoms with E-state index in [2.05, 4.69) is 51.6 Å². The number of amides is 1. The third-order valence-corrected chi connectivity index (χ3v) is 5.82. The van der Waals surface area contributed by atoms with Crippen molar-refractivity contribution in [2.24, 2.45) is 11.0 Å². The number of carbonyl (C=O) groups is 1. The van der Waals surface area contributed by atoms with E-state index in [1.807, 2.05) is 24.3 Å². The van der Waals surface area contributed by atoms with Crippen LogP contribution < -0.4 is 5.32 Å². The molecule has 5 rings (SSSR count). The number of nitrogens with one attached hydrogen (secondary N) is 1. The number of morpholine rings is 1. The number of allylic oxidation sites excluding steroid dienone is 1. The number of rotatable bonds is 4. The van der Waals surface area contributed by atoms with Crippen LogP contribution in [0, 0.1) is 5.92 Å². The molecule has 1 aromatic carbocycles. The number of fused-ring (bicyclic) bond motifs is 2. The average molecular weight is 391 g/mol. The Morgan fingerprint density at radius 3 is 3.07 bits per heavy atom. The van der Waals surface area contributed by atoms with E-state index in [4.69, 9.17) is 4.74 Å². The Hall–Kier alpha value is -2.77. The molecule has 1 saturated carbocycles. The van der Waals surface area contributed by atoms with E-state index in [1.165, 1.54) is 16.8 Å². The molecule has 0 spiro atoms. The van der Waals surface area contributed by atoms with Crippen LogP contribution in [0.1, 0.15) is 18.9 Å². The largest absolute Gasteiger partial charge is 0.379 e. The van der Waals surface area contributed by atoms with E-state index in [9.17, 15) is 4.79 Å². The molecule has 1 amide bonds. The van der Waals surface area contributed by atoms with Crippen LogP contribution in [0.5, 0.6) is 0 Å². The molecule has 3 heterocycles. The van der Waals surface area contributed by atoms with E-state index < -0.39 is 0 Å². The first-order chi connectivity index (χ1) is 14.1. The molecule has 0 radical (unpaired) electrons. The van der Waals surface area contributed by atoms with E-state index in [-0.39, 0.29) is 11.9 Å². The molecule has 1 aromatic heterocycles. The Morgan fingerprint density at radius 2 is 2.21 bits per heavy atom. The normalized spacial score (nSPS) is 24.0. The van der Waals surface area contributed by atoms with Gasteiger partial charge in [0.2, 0.25) is 5.91 Å². The molecule has 7 nitrogen and oxygen atoms in total. The number of pyridine rings is 1. The fourth-order valence-electron chi connectivity index (χ4n) is 4.10. The lowest BCUT2D eigenvalue weighted by Crippen LogP contribution is -2.47. The van der Waals surface area contributed by atoms with Crippen LogP contribution >= 0.6 is 0 Å². The Bertz CT molecular complexity index is 1030. The van der Waals surface area contributed by atoms with Crippen molar-refractivity contribution in [3.8, 4) is 0 Å². The summed E-state index contributed by atoms with van der Waals surface area (Å²) in [5.74, 6) is 1.00. The van der Waals surface area contributed by atoms with Crippen LogP contribution in [-0.4, -0.2) is 65.9 Å². The van der Waals surface area contributed by atoms with E-state index in [1.54, 1.807) is 0 Å². The van der Waals surface area contributed by atoms with Crippen LogP contribution in [0.3, 0.4) is 0 Å². The molecule has 2 aromatic rings. The molecule has 29 heavy (non-hydrogen) atoms. The Kier molecular flexibility index (Phi) is 4.56. The summed E-state index contributed by atoms with van der Waals surface area (Å²) in [7, 11) is 1.97. The zero-order valence-electron chi connectivity index (χ0n) is 16.8. The van der Waals surface area contributed by atoms with Gasteiger partial charge in [-0.1, -0.05) is 12.1 Å². The van der Waals surface area contributed by atoms with Crippen molar-refractivity contribution in [3.63, 3.8) is 0 Å². The minimum atomic E-state index is -0.0443. The van der Waals surface area contributed by atoms with Crippen molar-refractivity contribution in [1.82, 2.24) is 14.9 Å². The number of ether oxygens (including phenoxy) is 1. The molecule has 2 atom stereocenters. The first-order valence-corrected chi connectivity index (χ1v) is 10.1. The molecule has 2 aliphatic heterocycles. The van der Waals surface area contributed by atoms with Gasteiger partial charge in [0.05, 0.1) is 19.8 Å². The highest BCUT2D eigenvalue weighted by molar-refractivity contribution is 6.11. The first-order valence-electron chi connectivity index (χ1n) is 10.1. The van der Waals surface area contributed by atoms with Crippen molar-refractivity contribution in [2.45, 2.75) is 19.4 Å². The number of nitrogens with zero attached hydrogens (tertiary/aromatic N) is 4. The summed E-state index contributed by atoms with van der Waals surface area (Å²) in [5.41, 5.74) is 3.76. The third-order valence-electron chi connectivity index (χ3n) is 5.82. The fraction of sp³-hybridized carbons (Fsp3) is 0.409. The molecule has 1 aliphatic carbocycles. The topological polar surface area (TPSA) is 70.1 Å². The standard InChI is InChI=1S/C22H25N5O2/c1-14-13-29-6-5-27(14)12-22(28)24-21-8-17-7-15(3-4-16(17)10-23-21)19-11-26(2)25-20-9-18(19)20/h3-4,7-8,10-11,14,18H,5-6,9,12-13H2,1-2H3,(H,23,24,28)/t14-,18?/m1/s1. The van der Waals surface area contributed by atoms with Crippen LogP contribution in [-0.2, 0) is 9.53 Å². The molecule has 7 heteroatoms. The lowest BCUT2D eigenvalue weighted by atomic mass is 9.99. The zero-order valence-corrected chi connectivity index (χ0v) is 16.8. The van der Waals surface area contributed by atoms with Crippen molar-refractivity contribution in [3.05, 3.63) is 42.2 Å². The van der Waals surface area contributed by atoms with Crippen LogP contribution in [0.15, 0.2) is 41.8 Å². The second-order valence-electron chi connectivity index (χ2n) is 8.08. The quantitative estimate of drug-likeness (QED) is 0.867. The van der Waals surface area contributed by atoms with Gasteiger partial charge >= 0.3 is 0 Å². The summed E-state index contributed by atoms with van der Waals surface area (Å²) in [6.45, 7) is 4.55. The van der Waals surface area contributed by atoms with Crippen molar-refractivity contribution >= 4 is 33.8 Å². The van der Waals surface area contributed by atoms with E-state index in [0.29, 0.717) is 31.5 Å². The van der Waals surface area contributed by atoms with Gasteiger partial charge in [0, 0.05) is 55.5 Å². The predicted molar refractivity (Wildman–Crippen MR) is 114 cm³/mol. The van der Waals surface area contributed by atoms with Crippen molar-refractivity contribution in [1.29, 1.82) is 0 Å². The second kappa shape index (κ2) is 7.24. The Labute approximate surface area is 170 Å². The van der Waals surface area contributed by atoms with Crippen molar-refractivity contribution in [2.75, 3.05) is 38.7 Å². The second-order valence-corrected chi connectivity index (χ2v) is 8.08. The molecule has 0 bridgehead atoms. The van der Waals surface area contributed by atoms with Gasteiger partial charge in [0.15, 0.2) is 0 Å². The van der Waals surface area contributed by atoms with Gasteiger partial charge in [0.1, 0.15) is 5.82 Å². The predicted octanol–water partition coefficient (Wildman–Crippen LogP) is 2.56. The highest BCUT2D eigenvalue weighted by Gasteiger charge is 2.39.